The van der Waals surface area contributed by atoms with Gasteiger partial charge in [-0.05, 0) is 58.2 Å². The lowest BCUT2D eigenvalue weighted by atomic mass is 9.69. The summed E-state index contributed by atoms with van der Waals surface area (Å²) in [6.07, 6.45) is 11.9. The number of rotatable bonds is 9. The molecule has 0 aromatic heterocycles. The van der Waals surface area contributed by atoms with E-state index in [2.05, 4.69) is 27.7 Å². The minimum Gasteiger partial charge on any atom is -0.0654 e. The second-order valence-corrected chi connectivity index (χ2v) is 9.46. The molecule has 0 saturated heterocycles. The Kier molecular flexibility index (Phi) is 1.99. The molecule has 7 saturated carbocycles. The van der Waals surface area contributed by atoms with Crippen LogP contribution in [-0.2, 0) is 0 Å². The van der Waals surface area contributed by atoms with Gasteiger partial charge < -0.3 is 0 Å². The molecule has 7 aliphatic rings. The van der Waals surface area contributed by atoms with E-state index in [0.717, 1.165) is 33.5 Å². The zero-order valence-corrected chi connectivity index (χ0v) is 14.0. The van der Waals surface area contributed by atoms with Crippen molar-refractivity contribution in [2.24, 2.45) is 45.3 Å². The molecule has 5 atom stereocenters. The summed E-state index contributed by atoms with van der Waals surface area (Å²) < 4.78 is 0. The first-order valence-corrected chi connectivity index (χ1v) is 9.63. The van der Waals surface area contributed by atoms with E-state index in [9.17, 15) is 0 Å². The Labute approximate surface area is 125 Å². The third-order valence-electron chi connectivity index (χ3n) is 8.98. The second kappa shape index (κ2) is 3.18. The van der Waals surface area contributed by atoms with Crippen LogP contribution >= 0.6 is 0 Å². The average molecular weight is 272 g/mol. The number of fused-ring (bicyclic) bond motifs is 1. The monoisotopic (exact) mass is 272 g/mol. The summed E-state index contributed by atoms with van der Waals surface area (Å²) >= 11 is 0. The molecule has 0 aromatic carbocycles. The summed E-state index contributed by atoms with van der Waals surface area (Å²) in [6, 6.07) is 0. The highest BCUT2D eigenvalue weighted by Gasteiger charge is 3.46. The summed E-state index contributed by atoms with van der Waals surface area (Å²) in [5, 5.41) is 0. The SMILES string of the molecule is CCCCC1(C)C(CCCC(C)CCC)C23C4C25C1C435. The third-order valence-corrected chi connectivity index (χ3v) is 8.98. The van der Waals surface area contributed by atoms with Crippen LogP contribution in [0.3, 0.4) is 0 Å². The highest BCUT2D eigenvalue weighted by Crippen LogP contribution is 3.48. The van der Waals surface area contributed by atoms with Gasteiger partial charge >= 0.3 is 0 Å². The van der Waals surface area contributed by atoms with Crippen molar-refractivity contribution in [2.45, 2.75) is 79.1 Å². The van der Waals surface area contributed by atoms with Crippen LogP contribution < -0.4 is 0 Å². The Morgan fingerprint density at radius 1 is 0.900 bits per heavy atom. The maximum absolute atomic E-state index is 2.70. The lowest BCUT2D eigenvalue weighted by Gasteiger charge is -2.35. The summed E-state index contributed by atoms with van der Waals surface area (Å²) in [5.74, 6) is 4.67. The van der Waals surface area contributed by atoms with Gasteiger partial charge in [-0.3, -0.25) is 0 Å². The quantitative estimate of drug-likeness (QED) is 0.507. The molecule has 5 unspecified atom stereocenters. The summed E-state index contributed by atoms with van der Waals surface area (Å²) in [7, 11) is 0. The van der Waals surface area contributed by atoms with E-state index in [-0.39, 0.29) is 0 Å². The normalized spacial score (nSPS) is 62.7. The number of hydrogen-bond acceptors (Lipinski definition) is 0. The second-order valence-electron chi connectivity index (χ2n) is 9.46. The minimum absolute atomic E-state index is 0.790. The zero-order chi connectivity index (χ0) is 14.0. The van der Waals surface area contributed by atoms with Crippen molar-refractivity contribution >= 4 is 0 Å². The summed E-state index contributed by atoms with van der Waals surface area (Å²) in [6.45, 7) is 9.88. The Morgan fingerprint density at radius 2 is 1.65 bits per heavy atom. The van der Waals surface area contributed by atoms with Crippen molar-refractivity contribution < 1.29 is 0 Å². The van der Waals surface area contributed by atoms with Gasteiger partial charge in [0.15, 0.2) is 0 Å². The van der Waals surface area contributed by atoms with Gasteiger partial charge in [0.05, 0.1) is 0 Å². The molecule has 7 fully saturated rings. The van der Waals surface area contributed by atoms with Gasteiger partial charge in [-0.1, -0.05) is 66.2 Å². The topological polar surface area (TPSA) is 0 Å². The first kappa shape index (κ1) is 12.5. The van der Waals surface area contributed by atoms with Crippen LogP contribution in [0.5, 0.6) is 0 Å². The molecule has 0 amide bonds. The molecule has 3 spiro atoms. The molecule has 0 radical (unpaired) electrons. The van der Waals surface area contributed by atoms with Crippen molar-refractivity contribution in [1.82, 2.24) is 0 Å². The Balaban J connectivity index is 1.22. The van der Waals surface area contributed by atoms with Gasteiger partial charge in [-0.15, -0.1) is 0 Å². The predicted octanol–water partition coefficient (Wildman–Crippen LogP) is 5.67. The Hall–Kier alpha value is 0. The van der Waals surface area contributed by atoms with E-state index in [1.54, 1.807) is 12.8 Å². The van der Waals surface area contributed by atoms with E-state index >= 15 is 0 Å². The van der Waals surface area contributed by atoms with Crippen LogP contribution in [-0.4, -0.2) is 0 Å². The van der Waals surface area contributed by atoms with Gasteiger partial charge in [-0.25, -0.2) is 0 Å². The fraction of sp³-hybridized carbons (Fsp3) is 1.00. The molecule has 20 heavy (non-hydrogen) atoms. The van der Waals surface area contributed by atoms with Gasteiger partial charge in [0.2, 0.25) is 0 Å². The van der Waals surface area contributed by atoms with Gasteiger partial charge in [0.1, 0.15) is 0 Å². The van der Waals surface area contributed by atoms with Crippen molar-refractivity contribution in [3.8, 4) is 0 Å². The van der Waals surface area contributed by atoms with Crippen molar-refractivity contribution in [1.29, 1.82) is 0 Å². The van der Waals surface area contributed by atoms with E-state index in [0.29, 0.717) is 0 Å². The van der Waals surface area contributed by atoms with Gasteiger partial charge in [0, 0.05) is 0 Å². The molecule has 2 bridgehead atoms. The fourth-order valence-corrected chi connectivity index (χ4v) is 8.48. The molecule has 0 N–H and O–H groups in total. The average Bonchev–Trinajstić information content (AvgIpc) is 3.28. The first-order chi connectivity index (χ1) is 9.63. The van der Waals surface area contributed by atoms with E-state index in [1.807, 2.05) is 0 Å². The first-order valence-electron chi connectivity index (χ1n) is 9.63. The molecule has 7 rings (SSSR count). The maximum atomic E-state index is 2.70. The van der Waals surface area contributed by atoms with Crippen molar-refractivity contribution in [3.63, 3.8) is 0 Å². The highest BCUT2D eigenvalue weighted by molar-refractivity contribution is 5.91. The van der Waals surface area contributed by atoms with Gasteiger partial charge in [-0.2, -0.15) is 0 Å². The van der Waals surface area contributed by atoms with Crippen LogP contribution in [0.4, 0.5) is 0 Å². The highest BCUT2D eigenvalue weighted by atomic mass is 15.5. The molecular weight excluding hydrogens is 240 g/mol. The predicted molar refractivity (Wildman–Crippen MR) is 83.3 cm³/mol. The maximum Gasteiger partial charge on any atom is -0.00816 e. The third kappa shape index (κ3) is 0.834. The van der Waals surface area contributed by atoms with Crippen LogP contribution in [0, 0.1) is 45.3 Å². The largest absolute Gasteiger partial charge is 0.0654 e. The summed E-state index contributed by atoms with van der Waals surface area (Å²) in [4.78, 5) is 0. The lowest BCUT2D eigenvalue weighted by Crippen LogP contribution is -2.28. The van der Waals surface area contributed by atoms with E-state index in [4.69, 9.17) is 0 Å². The molecule has 7 aliphatic carbocycles. The van der Waals surface area contributed by atoms with Gasteiger partial charge in [0.25, 0.3) is 0 Å². The standard InChI is InChI=1S/C20H32/c1-5-7-12-17(4)14(11-8-10-13(3)9-6-2)18-16-19(18)15(17)20(16,18)19/h13-16H,5-12H2,1-4H3. The molecule has 112 valence electrons. The molecule has 0 heteroatoms. The van der Waals surface area contributed by atoms with Crippen LogP contribution in [0.15, 0.2) is 0 Å². The minimum atomic E-state index is 0.790. The van der Waals surface area contributed by atoms with E-state index in [1.165, 1.54) is 50.4 Å². The molecule has 0 nitrogen and oxygen atoms in total. The van der Waals surface area contributed by atoms with Crippen LogP contribution in [0.25, 0.3) is 0 Å². The zero-order valence-electron chi connectivity index (χ0n) is 14.0. The van der Waals surface area contributed by atoms with Crippen molar-refractivity contribution in [3.05, 3.63) is 0 Å². The Bertz CT molecular complexity index is 460. The summed E-state index contributed by atoms with van der Waals surface area (Å²) in [5.41, 5.74) is 3.89. The fourth-order valence-electron chi connectivity index (χ4n) is 8.48. The van der Waals surface area contributed by atoms with Crippen LogP contribution in [0.1, 0.15) is 79.1 Å². The van der Waals surface area contributed by atoms with Crippen molar-refractivity contribution in [2.75, 3.05) is 0 Å². The lowest BCUT2D eigenvalue weighted by molar-refractivity contribution is 0.136. The molecular formula is C20H32. The molecule has 0 heterocycles. The molecule has 0 aromatic rings. The number of unbranched alkanes of at least 4 members (excludes halogenated alkanes) is 1. The van der Waals surface area contributed by atoms with E-state index < -0.39 is 0 Å². The van der Waals surface area contributed by atoms with Crippen LogP contribution in [0.2, 0.25) is 0 Å². The molecule has 0 aliphatic heterocycles. The smallest absolute Gasteiger partial charge is 0.00816 e. The number of hydrogen-bond donors (Lipinski definition) is 0. The Morgan fingerprint density at radius 3 is 2.30 bits per heavy atom.